The van der Waals surface area contributed by atoms with Gasteiger partial charge in [0.1, 0.15) is 5.82 Å². The molecule has 0 heterocycles. The maximum atomic E-state index is 13.7. The first-order chi connectivity index (χ1) is 10.1. The molecule has 0 saturated heterocycles. The van der Waals surface area contributed by atoms with E-state index in [1.807, 2.05) is 31.3 Å². The third-order valence-electron chi connectivity index (χ3n) is 3.06. The summed E-state index contributed by atoms with van der Waals surface area (Å²) in [5, 5.41) is 6.09. The number of hydrogen-bond donors (Lipinski definition) is 2. The highest BCUT2D eigenvalue weighted by atomic mass is 35.5. The molecule has 110 valence electrons. The van der Waals surface area contributed by atoms with E-state index in [1.165, 1.54) is 12.1 Å². The lowest BCUT2D eigenvalue weighted by molar-refractivity contribution is -0.115. The number of anilines is 1. The molecule has 0 aliphatic heterocycles. The summed E-state index contributed by atoms with van der Waals surface area (Å²) in [6, 6.07) is 11.9. The van der Waals surface area contributed by atoms with Crippen molar-refractivity contribution in [3.8, 4) is 0 Å². The second kappa shape index (κ2) is 7.20. The molecule has 5 heteroatoms. The number of para-hydroxylation sites is 1. The molecule has 2 aromatic carbocycles. The van der Waals surface area contributed by atoms with Crippen LogP contribution in [-0.2, 0) is 17.8 Å². The summed E-state index contributed by atoms with van der Waals surface area (Å²) in [6.07, 6.45) is -0.0978. The number of hydrogen-bond acceptors (Lipinski definition) is 2. The molecular weight excluding hydrogens is 291 g/mol. The van der Waals surface area contributed by atoms with Crippen LogP contribution in [0.15, 0.2) is 42.5 Å². The summed E-state index contributed by atoms with van der Waals surface area (Å²) < 4.78 is 13.7. The quantitative estimate of drug-likeness (QED) is 0.889. The predicted octanol–water partition coefficient (Wildman–Crippen LogP) is 3.38. The molecule has 0 aliphatic carbocycles. The standard InChI is InChI=1S/C16H16ClFN2O/c1-19-10-11-5-2-3-8-15(11)20-16(21)9-12-13(17)6-4-7-14(12)18/h2-8,19H,9-10H2,1H3,(H,20,21). The molecule has 2 aromatic rings. The topological polar surface area (TPSA) is 41.1 Å². The second-order valence-electron chi connectivity index (χ2n) is 4.61. The number of benzene rings is 2. The maximum absolute atomic E-state index is 13.7. The highest BCUT2D eigenvalue weighted by Gasteiger charge is 2.13. The normalized spacial score (nSPS) is 10.4. The molecule has 2 rings (SSSR count). The highest BCUT2D eigenvalue weighted by molar-refractivity contribution is 6.31. The Morgan fingerprint density at radius 2 is 1.95 bits per heavy atom. The largest absolute Gasteiger partial charge is 0.325 e. The number of halogens is 2. The van der Waals surface area contributed by atoms with Crippen LogP contribution in [0.3, 0.4) is 0 Å². The molecule has 0 atom stereocenters. The minimum atomic E-state index is -0.471. The average molecular weight is 307 g/mol. The van der Waals surface area contributed by atoms with Crippen molar-refractivity contribution in [1.29, 1.82) is 0 Å². The Bertz CT molecular complexity index is 626. The fraction of sp³-hybridized carbons (Fsp3) is 0.188. The summed E-state index contributed by atoms with van der Waals surface area (Å²) in [7, 11) is 1.83. The van der Waals surface area contributed by atoms with Gasteiger partial charge in [0.15, 0.2) is 0 Å². The van der Waals surface area contributed by atoms with E-state index < -0.39 is 5.82 Å². The van der Waals surface area contributed by atoms with E-state index in [0.717, 1.165) is 5.56 Å². The number of carbonyl (C=O) groups excluding carboxylic acids is 1. The Morgan fingerprint density at radius 3 is 2.67 bits per heavy atom. The van der Waals surface area contributed by atoms with Crippen LogP contribution < -0.4 is 10.6 Å². The smallest absolute Gasteiger partial charge is 0.228 e. The summed E-state index contributed by atoms with van der Waals surface area (Å²) in [5.74, 6) is -0.772. The van der Waals surface area contributed by atoms with Gasteiger partial charge in [-0.05, 0) is 30.8 Å². The molecule has 0 unspecified atom stereocenters. The van der Waals surface area contributed by atoms with Gasteiger partial charge in [-0.2, -0.15) is 0 Å². The van der Waals surface area contributed by atoms with Crippen molar-refractivity contribution in [2.45, 2.75) is 13.0 Å². The van der Waals surface area contributed by atoms with E-state index >= 15 is 0 Å². The molecular formula is C16H16ClFN2O. The van der Waals surface area contributed by atoms with Gasteiger partial charge < -0.3 is 10.6 Å². The maximum Gasteiger partial charge on any atom is 0.228 e. The van der Waals surface area contributed by atoms with Gasteiger partial charge in [-0.1, -0.05) is 35.9 Å². The summed E-state index contributed by atoms with van der Waals surface area (Å²) in [5.41, 5.74) is 1.89. The van der Waals surface area contributed by atoms with Gasteiger partial charge in [0.25, 0.3) is 0 Å². The van der Waals surface area contributed by atoms with Gasteiger partial charge in [-0.15, -0.1) is 0 Å². The van der Waals surface area contributed by atoms with Crippen molar-refractivity contribution < 1.29 is 9.18 Å². The lowest BCUT2D eigenvalue weighted by Gasteiger charge is -2.11. The molecule has 21 heavy (non-hydrogen) atoms. The zero-order valence-corrected chi connectivity index (χ0v) is 12.4. The van der Waals surface area contributed by atoms with Crippen LogP contribution >= 0.6 is 11.6 Å². The zero-order valence-electron chi connectivity index (χ0n) is 11.6. The molecule has 0 saturated carbocycles. The van der Waals surface area contributed by atoms with E-state index in [4.69, 9.17) is 11.6 Å². The monoisotopic (exact) mass is 306 g/mol. The van der Waals surface area contributed by atoms with E-state index in [9.17, 15) is 9.18 Å². The first-order valence-corrected chi connectivity index (χ1v) is 6.95. The summed E-state index contributed by atoms with van der Waals surface area (Å²) in [6.45, 7) is 0.636. The lowest BCUT2D eigenvalue weighted by atomic mass is 10.1. The van der Waals surface area contributed by atoms with Crippen LogP contribution in [0.1, 0.15) is 11.1 Å². The van der Waals surface area contributed by atoms with Gasteiger partial charge in [-0.25, -0.2) is 4.39 Å². The van der Waals surface area contributed by atoms with Crippen molar-refractivity contribution in [2.24, 2.45) is 0 Å². The molecule has 0 fully saturated rings. The molecule has 0 bridgehead atoms. The Labute approximate surface area is 128 Å². The van der Waals surface area contributed by atoms with E-state index in [1.54, 1.807) is 6.07 Å². The molecule has 0 spiro atoms. The van der Waals surface area contributed by atoms with Gasteiger partial charge in [0.2, 0.25) is 5.91 Å². The first-order valence-electron chi connectivity index (χ1n) is 6.57. The third kappa shape index (κ3) is 4.03. The Morgan fingerprint density at radius 1 is 1.19 bits per heavy atom. The predicted molar refractivity (Wildman–Crippen MR) is 82.9 cm³/mol. The van der Waals surface area contributed by atoms with Crippen molar-refractivity contribution >= 4 is 23.2 Å². The number of nitrogens with one attached hydrogen (secondary N) is 2. The van der Waals surface area contributed by atoms with Crippen molar-refractivity contribution in [1.82, 2.24) is 5.32 Å². The van der Waals surface area contributed by atoms with E-state index in [-0.39, 0.29) is 22.9 Å². The SMILES string of the molecule is CNCc1ccccc1NC(=O)Cc1c(F)cccc1Cl. The molecule has 3 nitrogen and oxygen atoms in total. The molecule has 2 N–H and O–H groups in total. The average Bonchev–Trinajstić information content (AvgIpc) is 2.45. The number of amides is 1. The van der Waals surface area contributed by atoms with Crippen LogP contribution in [0.5, 0.6) is 0 Å². The van der Waals surface area contributed by atoms with Crippen molar-refractivity contribution in [2.75, 3.05) is 12.4 Å². The first kappa shape index (κ1) is 15.5. The molecule has 0 radical (unpaired) electrons. The van der Waals surface area contributed by atoms with Gasteiger partial charge in [0.05, 0.1) is 6.42 Å². The van der Waals surface area contributed by atoms with Crippen molar-refractivity contribution in [3.05, 3.63) is 64.4 Å². The zero-order chi connectivity index (χ0) is 15.2. The minimum absolute atomic E-state index is 0.0978. The minimum Gasteiger partial charge on any atom is -0.325 e. The Balaban J connectivity index is 2.12. The van der Waals surface area contributed by atoms with Crippen LogP contribution in [0.25, 0.3) is 0 Å². The van der Waals surface area contributed by atoms with Gasteiger partial charge in [0, 0.05) is 22.8 Å². The van der Waals surface area contributed by atoms with E-state index in [0.29, 0.717) is 12.2 Å². The van der Waals surface area contributed by atoms with E-state index in [2.05, 4.69) is 10.6 Å². The summed E-state index contributed by atoms with van der Waals surface area (Å²) >= 11 is 5.93. The number of rotatable bonds is 5. The molecule has 0 aromatic heterocycles. The Kier molecular flexibility index (Phi) is 5.31. The van der Waals surface area contributed by atoms with Crippen LogP contribution in [0.2, 0.25) is 5.02 Å². The number of carbonyl (C=O) groups is 1. The second-order valence-corrected chi connectivity index (χ2v) is 5.02. The molecule has 0 aliphatic rings. The third-order valence-corrected chi connectivity index (χ3v) is 3.41. The fourth-order valence-corrected chi connectivity index (χ4v) is 2.27. The van der Waals surface area contributed by atoms with Crippen LogP contribution in [-0.4, -0.2) is 13.0 Å². The molecule has 1 amide bonds. The fourth-order valence-electron chi connectivity index (χ4n) is 2.04. The highest BCUT2D eigenvalue weighted by Crippen LogP contribution is 2.21. The van der Waals surface area contributed by atoms with Gasteiger partial charge in [-0.3, -0.25) is 4.79 Å². The lowest BCUT2D eigenvalue weighted by Crippen LogP contribution is -2.17. The van der Waals surface area contributed by atoms with Crippen molar-refractivity contribution in [3.63, 3.8) is 0 Å². The van der Waals surface area contributed by atoms with Crippen LogP contribution in [0.4, 0.5) is 10.1 Å². The Hall–Kier alpha value is -1.91. The van der Waals surface area contributed by atoms with Gasteiger partial charge >= 0.3 is 0 Å². The van der Waals surface area contributed by atoms with Crippen LogP contribution in [0, 0.1) is 5.82 Å². The summed E-state index contributed by atoms with van der Waals surface area (Å²) in [4.78, 5) is 12.1.